The van der Waals surface area contributed by atoms with Gasteiger partial charge in [0, 0.05) is 44.9 Å². The van der Waals surface area contributed by atoms with E-state index in [1.54, 1.807) is 22.1 Å². The Bertz CT molecular complexity index is 1380. The fraction of sp³-hybridized carbons (Fsp3) is 0.154. The minimum absolute atomic E-state index is 0. The molecule has 0 unspecified atom stereocenters. The maximum absolute atomic E-state index is 13.2. The van der Waals surface area contributed by atoms with E-state index >= 15 is 0 Å². The van der Waals surface area contributed by atoms with Crippen LogP contribution >= 0.6 is 11.3 Å². The SMILES string of the molecule is Cn1cc2c(n1)-c1[c-]c(F)ccc1CCC2.Oc1ccccc1-c1nc2ccccc2s1.[Ir]. The summed E-state index contributed by atoms with van der Waals surface area (Å²) >= 11 is 1.59. The van der Waals surface area contributed by atoms with Gasteiger partial charge in [-0.05, 0) is 36.2 Å². The second-order valence-electron chi connectivity index (χ2n) is 7.74. The average Bonchev–Trinajstić information content (AvgIpc) is 3.34. The first kappa shape index (κ1) is 23.3. The molecule has 169 valence electrons. The van der Waals surface area contributed by atoms with Crippen LogP contribution in [0.25, 0.3) is 32.0 Å². The van der Waals surface area contributed by atoms with E-state index in [4.69, 9.17) is 0 Å². The second kappa shape index (κ2) is 9.96. The van der Waals surface area contributed by atoms with Crippen LogP contribution in [0.1, 0.15) is 17.5 Å². The molecule has 4 nitrogen and oxygen atoms in total. The van der Waals surface area contributed by atoms with Crippen molar-refractivity contribution in [3.05, 3.63) is 89.9 Å². The van der Waals surface area contributed by atoms with Gasteiger partial charge in [0.15, 0.2) is 0 Å². The Labute approximate surface area is 209 Å². The molecule has 0 atom stereocenters. The van der Waals surface area contributed by atoms with Gasteiger partial charge in [0.05, 0.1) is 15.8 Å². The first-order chi connectivity index (χ1) is 15.6. The van der Waals surface area contributed by atoms with Crippen molar-refractivity contribution in [2.45, 2.75) is 19.3 Å². The van der Waals surface area contributed by atoms with Crippen molar-refractivity contribution in [2.75, 3.05) is 0 Å². The number of phenolic OH excluding ortho intramolecular Hbond substituents is 1. The third kappa shape index (κ3) is 4.91. The van der Waals surface area contributed by atoms with E-state index in [0.717, 1.165) is 56.9 Å². The van der Waals surface area contributed by atoms with Crippen LogP contribution in [0.15, 0.2) is 66.9 Å². The topological polar surface area (TPSA) is 50.9 Å². The normalized spacial score (nSPS) is 12.1. The average molecular weight is 635 g/mol. The van der Waals surface area contributed by atoms with Gasteiger partial charge in [-0.1, -0.05) is 37.1 Å². The Balaban J connectivity index is 0.000000152. The molecule has 0 aliphatic heterocycles. The second-order valence-corrected chi connectivity index (χ2v) is 8.77. The van der Waals surface area contributed by atoms with Gasteiger partial charge in [0.25, 0.3) is 0 Å². The number of para-hydroxylation sites is 2. The van der Waals surface area contributed by atoms with E-state index in [-0.39, 0.29) is 31.7 Å². The maximum atomic E-state index is 13.2. The summed E-state index contributed by atoms with van der Waals surface area (Å²) in [6, 6.07) is 21.4. The van der Waals surface area contributed by atoms with Gasteiger partial charge in [-0.2, -0.15) is 0 Å². The van der Waals surface area contributed by atoms with Gasteiger partial charge in [-0.25, -0.2) is 14.5 Å². The van der Waals surface area contributed by atoms with Crippen LogP contribution in [0.3, 0.4) is 0 Å². The Kier molecular flexibility index (Phi) is 7.03. The largest absolute Gasteiger partial charge is 0.507 e. The summed E-state index contributed by atoms with van der Waals surface area (Å²) in [7, 11) is 1.90. The van der Waals surface area contributed by atoms with Gasteiger partial charge < -0.3 is 5.11 Å². The molecule has 1 radical (unpaired) electrons. The van der Waals surface area contributed by atoms with Gasteiger partial charge in [0.1, 0.15) is 10.8 Å². The van der Waals surface area contributed by atoms with Crippen molar-refractivity contribution < 1.29 is 29.6 Å². The molecule has 7 heteroatoms. The van der Waals surface area contributed by atoms with E-state index < -0.39 is 0 Å². The number of hydrogen-bond donors (Lipinski definition) is 1. The minimum Gasteiger partial charge on any atom is -0.507 e. The summed E-state index contributed by atoms with van der Waals surface area (Å²) in [5.41, 5.74) is 5.86. The first-order valence-corrected chi connectivity index (χ1v) is 11.3. The molecule has 0 amide bonds. The van der Waals surface area contributed by atoms with Crippen molar-refractivity contribution >= 4 is 21.6 Å². The fourth-order valence-corrected chi connectivity index (χ4v) is 4.96. The molecule has 0 spiro atoms. The van der Waals surface area contributed by atoms with Crippen LogP contribution in [0.5, 0.6) is 5.75 Å². The molecular formula is C26H21FIrN3OS-. The molecular weight excluding hydrogens is 614 g/mol. The maximum Gasteiger partial charge on any atom is 0.128 e. The number of benzene rings is 3. The number of hydrogen-bond acceptors (Lipinski definition) is 4. The Hall–Kier alpha value is -2.86. The minimum atomic E-state index is -0.308. The standard InChI is InChI=1S/C13H12FN2.C13H9NOS.Ir/c1-16-8-10-4-2-3-9-5-6-11(14)7-12(9)13(10)15-16;15-11-7-3-1-5-9(11)13-14-10-6-2-4-8-12(10)16-13;/h5-6,8H,2-4H2,1H3;1-8,15H;/q-1;;. The van der Waals surface area contributed by atoms with E-state index in [1.165, 1.54) is 11.6 Å². The molecule has 0 fully saturated rings. The third-order valence-corrected chi connectivity index (χ3v) is 6.53. The molecule has 0 saturated carbocycles. The number of aromatic nitrogens is 3. The van der Waals surface area contributed by atoms with Crippen LogP contribution < -0.4 is 0 Å². The molecule has 5 aromatic rings. The summed E-state index contributed by atoms with van der Waals surface area (Å²) in [4.78, 5) is 4.50. The van der Waals surface area contributed by atoms with Crippen molar-refractivity contribution in [2.24, 2.45) is 7.05 Å². The summed E-state index contributed by atoms with van der Waals surface area (Å²) in [5, 5.41) is 15.0. The molecule has 2 heterocycles. The van der Waals surface area contributed by atoms with Gasteiger partial charge in [0.2, 0.25) is 0 Å². The number of halogens is 1. The molecule has 33 heavy (non-hydrogen) atoms. The summed E-state index contributed by atoms with van der Waals surface area (Å²) in [6.45, 7) is 0. The zero-order valence-electron chi connectivity index (χ0n) is 17.9. The van der Waals surface area contributed by atoms with Gasteiger partial charge >= 0.3 is 0 Å². The molecule has 2 aromatic heterocycles. The Morgan fingerprint density at radius 1 is 1.00 bits per heavy atom. The molecule has 1 aliphatic rings. The van der Waals surface area contributed by atoms with Crippen LogP contribution in [-0.2, 0) is 40.0 Å². The number of rotatable bonds is 1. The molecule has 6 rings (SSSR count). The number of aryl methyl sites for hydroxylation is 3. The van der Waals surface area contributed by atoms with Gasteiger partial charge in [-0.15, -0.1) is 40.7 Å². The van der Waals surface area contributed by atoms with Crippen molar-refractivity contribution in [3.63, 3.8) is 0 Å². The predicted octanol–water partition coefficient (Wildman–Crippen LogP) is 6.18. The number of phenols is 1. The van der Waals surface area contributed by atoms with Crippen molar-refractivity contribution in [1.82, 2.24) is 14.8 Å². The quantitative estimate of drug-likeness (QED) is 0.224. The zero-order valence-corrected chi connectivity index (χ0v) is 21.1. The van der Waals surface area contributed by atoms with Crippen molar-refractivity contribution in [1.29, 1.82) is 0 Å². The summed E-state index contributed by atoms with van der Waals surface area (Å²) < 4.78 is 16.2. The van der Waals surface area contributed by atoms with Crippen LogP contribution in [0, 0.1) is 11.9 Å². The smallest absolute Gasteiger partial charge is 0.128 e. The Morgan fingerprint density at radius 3 is 2.58 bits per heavy atom. The van der Waals surface area contributed by atoms with Gasteiger partial charge in [-0.3, -0.25) is 4.68 Å². The molecule has 1 aliphatic carbocycles. The van der Waals surface area contributed by atoms with Crippen molar-refractivity contribution in [3.8, 4) is 27.6 Å². The van der Waals surface area contributed by atoms with Crippen LogP contribution in [0.2, 0.25) is 0 Å². The first-order valence-electron chi connectivity index (χ1n) is 10.5. The monoisotopic (exact) mass is 635 g/mol. The zero-order chi connectivity index (χ0) is 22.1. The number of nitrogens with zero attached hydrogens (tertiary/aromatic N) is 3. The fourth-order valence-electron chi connectivity index (χ4n) is 3.96. The number of aromatic hydroxyl groups is 1. The third-order valence-electron chi connectivity index (χ3n) is 5.46. The number of thiazole rings is 1. The molecule has 0 saturated heterocycles. The molecule has 0 bridgehead atoms. The van der Waals surface area contributed by atoms with E-state index in [9.17, 15) is 9.50 Å². The van der Waals surface area contributed by atoms with Crippen LogP contribution in [-0.4, -0.2) is 19.9 Å². The molecule has 1 N–H and O–H groups in total. The van der Waals surface area contributed by atoms with E-state index in [0.29, 0.717) is 0 Å². The van der Waals surface area contributed by atoms with E-state index in [1.807, 2.05) is 61.8 Å². The number of fused-ring (bicyclic) bond motifs is 4. The predicted molar refractivity (Wildman–Crippen MR) is 126 cm³/mol. The summed E-state index contributed by atoms with van der Waals surface area (Å²) in [6.07, 6.45) is 5.09. The summed E-state index contributed by atoms with van der Waals surface area (Å²) in [5.74, 6) is -0.0289. The van der Waals surface area contributed by atoms with Crippen LogP contribution in [0.4, 0.5) is 4.39 Å². The van der Waals surface area contributed by atoms with E-state index in [2.05, 4.69) is 16.1 Å². The Morgan fingerprint density at radius 2 is 1.76 bits per heavy atom. The molecule has 3 aromatic carbocycles.